The summed E-state index contributed by atoms with van der Waals surface area (Å²) in [7, 11) is 1.62. The molecular weight excluding hydrogens is 779 g/mol. The second kappa shape index (κ2) is 31.9. The topological polar surface area (TPSA) is 207 Å². The van der Waals surface area contributed by atoms with E-state index in [0.29, 0.717) is 37.5 Å². The number of aldehydes is 1. The van der Waals surface area contributed by atoms with Gasteiger partial charge in [-0.05, 0) is 45.7 Å². The van der Waals surface area contributed by atoms with Crippen molar-refractivity contribution in [1.29, 1.82) is 0 Å². The number of esters is 1. The summed E-state index contributed by atoms with van der Waals surface area (Å²) >= 11 is 0. The average molecular weight is 854 g/mol. The number of rotatable bonds is 25. The Morgan fingerprint density at radius 1 is 0.803 bits per heavy atom. The molecule has 1 saturated carbocycles. The van der Waals surface area contributed by atoms with E-state index >= 15 is 0 Å². The van der Waals surface area contributed by atoms with Crippen LogP contribution in [0.15, 0.2) is 42.9 Å². The van der Waals surface area contributed by atoms with Crippen molar-refractivity contribution in [1.82, 2.24) is 36.1 Å². The van der Waals surface area contributed by atoms with Crippen LogP contribution in [0.4, 0.5) is 0 Å². The first-order valence-electron chi connectivity index (χ1n) is 22.3. The van der Waals surface area contributed by atoms with Gasteiger partial charge in [0.15, 0.2) is 6.04 Å². The monoisotopic (exact) mass is 854 g/mol. The number of ketones is 1. The lowest BCUT2D eigenvalue weighted by Gasteiger charge is -2.27. The molecule has 4 amide bonds. The number of aromatic nitrogens is 2. The molecule has 1 heterocycles. The fourth-order valence-electron chi connectivity index (χ4n) is 6.10. The maximum absolute atomic E-state index is 12.7. The molecule has 1 aliphatic rings. The van der Waals surface area contributed by atoms with E-state index in [9.17, 15) is 33.6 Å². The number of aryl methyl sites for hydroxylation is 1. The van der Waals surface area contributed by atoms with Crippen molar-refractivity contribution in [3.63, 3.8) is 0 Å². The third-order valence-corrected chi connectivity index (χ3v) is 10.2. The first kappa shape index (κ1) is 54.1. The molecule has 15 nitrogen and oxygen atoms in total. The van der Waals surface area contributed by atoms with Crippen molar-refractivity contribution in [3.8, 4) is 0 Å². The summed E-state index contributed by atoms with van der Waals surface area (Å²) in [6.45, 7) is 11.7. The van der Waals surface area contributed by atoms with E-state index in [0.717, 1.165) is 31.5 Å². The van der Waals surface area contributed by atoms with Crippen molar-refractivity contribution in [2.75, 3.05) is 20.1 Å². The smallest absolute Gasteiger partial charge is 0.333 e. The van der Waals surface area contributed by atoms with Crippen LogP contribution in [0.25, 0.3) is 0 Å². The Balaban J connectivity index is 0.000000546. The number of benzene rings is 1. The second-order valence-corrected chi connectivity index (χ2v) is 15.9. The molecule has 5 N–H and O–H groups in total. The highest BCUT2D eigenvalue weighted by molar-refractivity contribution is 6.38. The number of nitrogens with one attached hydrogen (secondary N) is 5. The minimum Gasteiger partial charge on any atom is -0.458 e. The molecule has 0 spiro atoms. The summed E-state index contributed by atoms with van der Waals surface area (Å²) in [5.74, 6) is -3.23. The number of imidazole rings is 1. The minimum absolute atomic E-state index is 0.122. The number of Topliss-reactive ketones (excluding diaryl/α,β-unsaturated/α-hetero) is 1. The average Bonchev–Trinajstić information content (AvgIpc) is 3.73. The van der Waals surface area contributed by atoms with E-state index in [1.54, 1.807) is 64.5 Å². The predicted octanol–water partition coefficient (Wildman–Crippen LogP) is 5.60. The van der Waals surface area contributed by atoms with Crippen LogP contribution in [0, 0.1) is 0 Å². The predicted molar refractivity (Wildman–Crippen MR) is 237 cm³/mol. The van der Waals surface area contributed by atoms with Crippen molar-refractivity contribution in [2.45, 2.75) is 175 Å². The van der Waals surface area contributed by atoms with Crippen LogP contribution in [0.5, 0.6) is 0 Å². The summed E-state index contributed by atoms with van der Waals surface area (Å²) in [5, 5.41) is 12.8. The molecule has 1 aliphatic carbocycles. The number of likely N-dealkylation sites (N-methyl/N-ethyl adjacent to an activating group) is 1. The van der Waals surface area contributed by atoms with Gasteiger partial charge in [-0.1, -0.05) is 129 Å². The molecular formula is C46H75N7O8. The van der Waals surface area contributed by atoms with Gasteiger partial charge in [-0.2, -0.15) is 0 Å². The van der Waals surface area contributed by atoms with Gasteiger partial charge < -0.3 is 40.7 Å². The Bertz CT molecular complexity index is 1580. The molecule has 15 heteroatoms. The molecule has 1 aromatic carbocycles. The Morgan fingerprint density at radius 2 is 1.41 bits per heavy atom. The van der Waals surface area contributed by atoms with Gasteiger partial charge in [0.1, 0.15) is 11.9 Å². The third-order valence-electron chi connectivity index (χ3n) is 10.2. The van der Waals surface area contributed by atoms with Crippen LogP contribution in [0.3, 0.4) is 0 Å². The van der Waals surface area contributed by atoms with Gasteiger partial charge in [-0.15, -0.1) is 0 Å². The zero-order valence-electron chi connectivity index (χ0n) is 37.9. The van der Waals surface area contributed by atoms with Crippen molar-refractivity contribution >= 4 is 41.7 Å². The summed E-state index contributed by atoms with van der Waals surface area (Å²) in [5.41, 5.74) is 0.640. The van der Waals surface area contributed by atoms with Crippen LogP contribution >= 0.6 is 0 Å². The Morgan fingerprint density at radius 3 is 1.97 bits per heavy atom. The summed E-state index contributed by atoms with van der Waals surface area (Å²) in [6.07, 6.45) is 21.6. The summed E-state index contributed by atoms with van der Waals surface area (Å²) < 4.78 is 7.56. The Labute approximate surface area is 364 Å². The van der Waals surface area contributed by atoms with E-state index in [4.69, 9.17) is 4.74 Å². The Kier molecular flexibility index (Phi) is 28.3. The van der Waals surface area contributed by atoms with Crippen LogP contribution in [-0.2, 0) is 51.3 Å². The van der Waals surface area contributed by atoms with E-state index in [1.807, 2.05) is 24.6 Å². The number of hydrogen-bond donors (Lipinski definition) is 5. The van der Waals surface area contributed by atoms with E-state index in [2.05, 4.69) is 38.5 Å². The van der Waals surface area contributed by atoms with Crippen molar-refractivity contribution < 1.29 is 38.3 Å². The maximum Gasteiger partial charge on any atom is 0.333 e. The SMILES string of the molecule is C1CCCCC1.CCCCC(NC)C(=O)C(=O)NCC(=O)NC(C(=O)OC(C)(C)CC)c1ccccc1.CCCCCCn1cnc(CC(C=O)NC(=O)CNC(=O)CC)c1. The number of nitrogens with zero attached hydrogens (tertiary/aromatic N) is 2. The standard InChI is InChI=1S/C23H35N3O5.C17H28N4O3.C6H12/c1-6-8-14-17(24-5)20(28)21(29)25-15-18(27)26-19(16-12-10-9-11-13-16)22(30)31-23(3,4)7-2;1-3-5-6-7-8-21-11-14(19-13-21)9-15(12-22)20-17(24)10-18-16(23)4-2;1-2-4-6-5-3-1/h9-13,17,19,24H,6-8,14-15H2,1-5H3,(H,25,29)(H,26,27);11-13,15H,3-10H2,1-2H3,(H,18,23)(H,20,24);1-6H2. The van der Waals surface area contributed by atoms with Gasteiger partial charge >= 0.3 is 5.97 Å². The number of ether oxygens (including phenoxy) is 1. The molecule has 1 fully saturated rings. The molecule has 0 bridgehead atoms. The highest BCUT2D eigenvalue weighted by Crippen LogP contribution is 2.21. The molecule has 0 radical (unpaired) electrons. The molecule has 3 rings (SSSR count). The largest absolute Gasteiger partial charge is 0.458 e. The molecule has 0 saturated heterocycles. The lowest BCUT2D eigenvalue weighted by atomic mass is 10.0. The second-order valence-electron chi connectivity index (χ2n) is 15.9. The summed E-state index contributed by atoms with van der Waals surface area (Å²) in [4.78, 5) is 87.9. The third kappa shape index (κ3) is 24.2. The van der Waals surface area contributed by atoms with Crippen LogP contribution in [-0.4, -0.2) is 89.0 Å². The number of hydrogen-bond acceptors (Lipinski definition) is 10. The van der Waals surface area contributed by atoms with Crippen molar-refractivity contribution in [2.24, 2.45) is 0 Å². The molecule has 61 heavy (non-hydrogen) atoms. The highest BCUT2D eigenvalue weighted by atomic mass is 16.6. The first-order chi connectivity index (χ1) is 29.2. The minimum atomic E-state index is -1.03. The van der Waals surface area contributed by atoms with Gasteiger partial charge in [0.05, 0.1) is 37.2 Å². The number of carbonyl (C=O) groups excluding carboxylic acids is 7. The van der Waals surface area contributed by atoms with E-state index < -0.39 is 53.8 Å². The van der Waals surface area contributed by atoms with E-state index in [1.165, 1.54) is 57.8 Å². The quantitative estimate of drug-likeness (QED) is 0.0362. The molecule has 3 atom stereocenters. The van der Waals surface area contributed by atoms with Gasteiger partial charge in [0.25, 0.3) is 5.91 Å². The van der Waals surface area contributed by atoms with Crippen LogP contribution < -0.4 is 26.6 Å². The molecule has 342 valence electrons. The molecule has 3 unspecified atom stereocenters. The van der Waals surface area contributed by atoms with Gasteiger partial charge in [-0.3, -0.25) is 24.0 Å². The number of unbranched alkanes of at least 4 members (excludes halogenated alkanes) is 4. The fourth-order valence-corrected chi connectivity index (χ4v) is 6.10. The molecule has 0 aliphatic heterocycles. The van der Waals surface area contributed by atoms with Gasteiger partial charge in [0, 0.05) is 25.6 Å². The van der Waals surface area contributed by atoms with E-state index in [-0.39, 0.29) is 18.4 Å². The van der Waals surface area contributed by atoms with Gasteiger partial charge in [0.2, 0.25) is 23.5 Å². The zero-order chi connectivity index (χ0) is 45.5. The lowest BCUT2D eigenvalue weighted by molar-refractivity contribution is -0.160. The molecule has 2 aromatic rings. The lowest BCUT2D eigenvalue weighted by Crippen LogP contribution is -2.48. The first-order valence-corrected chi connectivity index (χ1v) is 22.3. The van der Waals surface area contributed by atoms with Crippen molar-refractivity contribution in [3.05, 3.63) is 54.1 Å². The maximum atomic E-state index is 12.7. The zero-order valence-corrected chi connectivity index (χ0v) is 37.9. The summed E-state index contributed by atoms with van der Waals surface area (Å²) in [6, 6.07) is 6.46. The number of carbonyl (C=O) groups is 7. The number of amides is 4. The van der Waals surface area contributed by atoms with Gasteiger partial charge in [-0.25, -0.2) is 9.78 Å². The van der Waals surface area contributed by atoms with Crippen LogP contribution in [0.2, 0.25) is 0 Å². The Hall–Kier alpha value is -4.92. The molecule has 1 aromatic heterocycles. The normalized spacial score (nSPS) is 13.6. The fraction of sp³-hybridized carbons (Fsp3) is 0.652. The highest BCUT2D eigenvalue weighted by Gasteiger charge is 2.30. The van der Waals surface area contributed by atoms with Crippen LogP contribution in [0.1, 0.15) is 155 Å².